The first-order valence-electron chi connectivity index (χ1n) is 9.64. The maximum Gasteiger partial charge on any atom is 0.244 e. The van der Waals surface area contributed by atoms with E-state index in [9.17, 15) is 13.2 Å². The van der Waals surface area contributed by atoms with Gasteiger partial charge in [0, 0.05) is 48.6 Å². The van der Waals surface area contributed by atoms with Crippen molar-refractivity contribution in [2.75, 3.05) is 12.3 Å². The second kappa shape index (κ2) is 8.62. The molecule has 1 aliphatic rings. The van der Waals surface area contributed by atoms with E-state index in [0.29, 0.717) is 13.1 Å². The van der Waals surface area contributed by atoms with Gasteiger partial charge in [0.1, 0.15) is 6.54 Å². The van der Waals surface area contributed by atoms with Crippen LogP contribution in [0.5, 0.6) is 0 Å². The third-order valence-electron chi connectivity index (χ3n) is 4.97. The Morgan fingerprint density at radius 3 is 2.57 bits per heavy atom. The number of aromatic nitrogens is 3. The van der Waals surface area contributed by atoms with E-state index in [0.717, 1.165) is 16.7 Å². The highest BCUT2D eigenvalue weighted by Crippen LogP contribution is 2.19. The van der Waals surface area contributed by atoms with Crippen LogP contribution in [0.3, 0.4) is 0 Å². The Kier molecular flexibility index (Phi) is 5.76. The summed E-state index contributed by atoms with van der Waals surface area (Å²) in [5.74, 6) is -0.293. The van der Waals surface area contributed by atoms with E-state index in [4.69, 9.17) is 0 Å². The molecule has 0 aliphatic carbocycles. The van der Waals surface area contributed by atoms with Crippen molar-refractivity contribution in [1.29, 1.82) is 0 Å². The van der Waals surface area contributed by atoms with Gasteiger partial charge in [-0.1, -0.05) is 36.4 Å². The van der Waals surface area contributed by atoms with E-state index in [2.05, 4.69) is 10.1 Å². The van der Waals surface area contributed by atoms with Crippen LogP contribution in [0.1, 0.15) is 5.56 Å². The molecule has 154 valence electrons. The number of hydrogen-bond acceptors (Lipinski definition) is 5. The molecule has 1 aliphatic heterocycles. The van der Waals surface area contributed by atoms with Gasteiger partial charge >= 0.3 is 0 Å². The van der Waals surface area contributed by atoms with Gasteiger partial charge < -0.3 is 4.90 Å². The summed E-state index contributed by atoms with van der Waals surface area (Å²) in [5, 5.41) is 5.57. The van der Waals surface area contributed by atoms with E-state index in [1.54, 1.807) is 34.2 Å². The fourth-order valence-electron chi connectivity index (χ4n) is 3.47. The number of carbonyl (C=O) groups is 1. The third-order valence-corrected chi connectivity index (χ3v) is 6.44. The van der Waals surface area contributed by atoms with Crippen LogP contribution < -0.4 is 0 Å². The van der Waals surface area contributed by atoms with Crippen molar-refractivity contribution in [3.8, 4) is 11.1 Å². The molecule has 1 atom stereocenters. The SMILES string of the molecule is O=C(Cn1cc(-c2ccccc2)cn1)N(Cc1ccncc1)CC1C=CS(=O)(=O)C1. The summed E-state index contributed by atoms with van der Waals surface area (Å²) < 4.78 is 25.1. The average molecular weight is 423 g/mol. The zero-order chi connectivity index (χ0) is 21.0. The molecule has 0 N–H and O–H groups in total. The van der Waals surface area contributed by atoms with Crippen molar-refractivity contribution in [1.82, 2.24) is 19.7 Å². The number of hydrogen-bond donors (Lipinski definition) is 0. The minimum Gasteiger partial charge on any atom is -0.336 e. The van der Waals surface area contributed by atoms with Crippen LogP contribution in [-0.2, 0) is 27.7 Å². The zero-order valence-electron chi connectivity index (χ0n) is 16.3. The van der Waals surface area contributed by atoms with Gasteiger partial charge in [-0.3, -0.25) is 14.5 Å². The predicted molar refractivity (Wildman–Crippen MR) is 114 cm³/mol. The topological polar surface area (TPSA) is 85.2 Å². The fraction of sp³-hybridized carbons (Fsp3) is 0.227. The lowest BCUT2D eigenvalue weighted by molar-refractivity contribution is -0.133. The molecule has 3 aromatic rings. The Balaban J connectivity index is 1.49. The highest BCUT2D eigenvalue weighted by molar-refractivity contribution is 7.94. The molecule has 3 heterocycles. The molecule has 1 amide bonds. The van der Waals surface area contributed by atoms with E-state index in [1.165, 1.54) is 5.41 Å². The number of benzene rings is 1. The number of pyridine rings is 1. The monoisotopic (exact) mass is 422 g/mol. The summed E-state index contributed by atoms with van der Waals surface area (Å²) in [5.41, 5.74) is 2.91. The highest BCUT2D eigenvalue weighted by atomic mass is 32.2. The lowest BCUT2D eigenvalue weighted by Gasteiger charge is -2.25. The molecule has 0 bridgehead atoms. The molecule has 0 radical (unpaired) electrons. The third kappa shape index (κ3) is 5.01. The number of amides is 1. The summed E-state index contributed by atoms with van der Waals surface area (Å²) >= 11 is 0. The molecule has 30 heavy (non-hydrogen) atoms. The van der Waals surface area contributed by atoms with Crippen LogP contribution in [0.2, 0.25) is 0 Å². The second-order valence-corrected chi connectivity index (χ2v) is 9.27. The van der Waals surface area contributed by atoms with Gasteiger partial charge in [-0.25, -0.2) is 8.42 Å². The van der Waals surface area contributed by atoms with Crippen LogP contribution in [0.25, 0.3) is 11.1 Å². The Bertz CT molecular complexity index is 1140. The zero-order valence-corrected chi connectivity index (χ0v) is 17.1. The molecule has 7 nitrogen and oxygen atoms in total. The van der Waals surface area contributed by atoms with Gasteiger partial charge in [0.2, 0.25) is 5.91 Å². The first kappa shape index (κ1) is 20.0. The first-order valence-corrected chi connectivity index (χ1v) is 11.4. The van der Waals surface area contributed by atoms with Crippen molar-refractivity contribution in [2.24, 2.45) is 5.92 Å². The fourth-order valence-corrected chi connectivity index (χ4v) is 4.85. The summed E-state index contributed by atoms with van der Waals surface area (Å²) in [4.78, 5) is 18.8. The van der Waals surface area contributed by atoms with Gasteiger partial charge in [0.15, 0.2) is 9.84 Å². The van der Waals surface area contributed by atoms with E-state index >= 15 is 0 Å². The number of sulfone groups is 1. The molecular weight excluding hydrogens is 400 g/mol. The van der Waals surface area contributed by atoms with Gasteiger partial charge in [0.25, 0.3) is 0 Å². The Morgan fingerprint density at radius 1 is 1.10 bits per heavy atom. The Labute approximate surface area is 175 Å². The highest BCUT2D eigenvalue weighted by Gasteiger charge is 2.26. The van der Waals surface area contributed by atoms with Crippen molar-refractivity contribution >= 4 is 15.7 Å². The molecule has 0 spiro atoms. The van der Waals surface area contributed by atoms with E-state index < -0.39 is 9.84 Å². The van der Waals surface area contributed by atoms with Gasteiger partial charge in [0.05, 0.1) is 11.9 Å². The van der Waals surface area contributed by atoms with Gasteiger partial charge in [-0.05, 0) is 23.3 Å². The number of rotatable bonds is 7. The number of carbonyl (C=O) groups excluding carboxylic acids is 1. The van der Waals surface area contributed by atoms with Crippen LogP contribution in [0.4, 0.5) is 0 Å². The molecular formula is C22H22N4O3S. The summed E-state index contributed by atoms with van der Waals surface area (Å²) in [6.45, 7) is 0.809. The van der Waals surface area contributed by atoms with Gasteiger partial charge in [-0.2, -0.15) is 5.10 Å². The minimum absolute atomic E-state index is 0.0348. The molecule has 0 fully saturated rings. The lowest BCUT2D eigenvalue weighted by atomic mass is 10.1. The Hall–Kier alpha value is -3.26. The van der Waals surface area contributed by atoms with Crippen LogP contribution in [-0.4, -0.2) is 46.3 Å². The largest absolute Gasteiger partial charge is 0.336 e. The maximum absolute atomic E-state index is 13.1. The molecule has 8 heteroatoms. The number of nitrogens with zero attached hydrogens (tertiary/aromatic N) is 4. The molecule has 0 saturated heterocycles. The average Bonchev–Trinajstić information content (AvgIpc) is 3.35. The van der Waals surface area contributed by atoms with Crippen molar-refractivity contribution in [3.05, 3.63) is 84.3 Å². The van der Waals surface area contributed by atoms with E-state index in [-0.39, 0.29) is 24.1 Å². The second-order valence-electron chi connectivity index (χ2n) is 7.34. The summed E-state index contributed by atoms with van der Waals surface area (Å²) in [7, 11) is -3.17. The maximum atomic E-state index is 13.1. The van der Waals surface area contributed by atoms with E-state index in [1.807, 2.05) is 48.7 Å². The van der Waals surface area contributed by atoms with Crippen molar-refractivity contribution in [2.45, 2.75) is 13.1 Å². The molecule has 1 unspecified atom stereocenters. The van der Waals surface area contributed by atoms with Crippen molar-refractivity contribution in [3.63, 3.8) is 0 Å². The normalized spacial score (nSPS) is 17.1. The molecule has 4 rings (SSSR count). The predicted octanol–water partition coefficient (Wildman–Crippen LogP) is 2.53. The smallest absolute Gasteiger partial charge is 0.244 e. The first-order chi connectivity index (χ1) is 14.5. The Morgan fingerprint density at radius 2 is 1.87 bits per heavy atom. The van der Waals surface area contributed by atoms with Gasteiger partial charge in [-0.15, -0.1) is 0 Å². The minimum atomic E-state index is -3.17. The molecule has 1 aromatic carbocycles. The summed E-state index contributed by atoms with van der Waals surface area (Å²) in [6.07, 6.45) is 8.61. The molecule has 2 aromatic heterocycles. The summed E-state index contributed by atoms with van der Waals surface area (Å²) in [6, 6.07) is 13.5. The van der Waals surface area contributed by atoms with Crippen LogP contribution in [0, 0.1) is 5.92 Å². The standard InChI is InChI=1S/C22H22N4O3S/c27-22(16-26-15-21(12-24-26)20-4-2-1-3-5-20)25(13-18-6-9-23-10-7-18)14-19-8-11-30(28,29)17-19/h1-12,15,19H,13-14,16-17H2. The molecule has 0 saturated carbocycles. The lowest BCUT2D eigenvalue weighted by Crippen LogP contribution is -2.37. The van der Waals surface area contributed by atoms with Crippen LogP contribution in [0.15, 0.2) is 78.7 Å². The van der Waals surface area contributed by atoms with Crippen molar-refractivity contribution < 1.29 is 13.2 Å². The van der Waals surface area contributed by atoms with Crippen LogP contribution >= 0.6 is 0 Å². The quantitative estimate of drug-likeness (QED) is 0.584.